The first-order valence-electron chi connectivity index (χ1n) is 10.5. The zero-order valence-corrected chi connectivity index (χ0v) is 18.2. The van der Waals surface area contributed by atoms with Crippen molar-refractivity contribution in [2.24, 2.45) is 0 Å². The summed E-state index contributed by atoms with van der Waals surface area (Å²) in [5.74, 6) is 0.397. The highest BCUT2D eigenvalue weighted by Crippen LogP contribution is 2.21. The second-order valence-corrected chi connectivity index (χ2v) is 7.12. The molecule has 7 nitrogen and oxygen atoms in total. The van der Waals surface area contributed by atoms with Crippen molar-refractivity contribution in [3.8, 4) is 16.9 Å². The van der Waals surface area contributed by atoms with E-state index in [1.54, 1.807) is 19.1 Å². The first kappa shape index (κ1) is 22.5. The van der Waals surface area contributed by atoms with E-state index in [1.807, 2.05) is 55.1 Å². The number of nitrogens with zero attached hydrogens (tertiary/aromatic N) is 2. The molecule has 0 bridgehead atoms. The van der Waals surface area contributed by atoms with Crippen molar-refractivity contribution in [1.82, 2.24) is 9.78 Å². The summed E-state index contributed by atoms with van der Waals surface area (Å²) in [4.78, 5) is 23.6. The molecule has 0 spiro atoms. The lowest BCUT2D eigenvalue weighted by Gasteiger charge is -2.16. The lowest BCUT2D eigenvalue weighted by Crippen LogP contribution is -2.28. The molecule has 2 aliphatic rings. The van der Waals surface area contributed by atoms with Crippen LogP contribution in [0.15, 0.2) is 53.5 Å². The van der Waals surface area contributed by atoms with Crippen molar-refractivity contribution >= 4 is 5.97 Å². The summed E-state index contributed by atoms with van der Waals surface area (Å²) >= 11 is 0. The molecule has 1 atom stereocenters. The number of carbonyl (C=O) groups excluding carboxylic acids is 1. The number of fused-ring (bicyclic) bond motifs is 1. The van der Waals surface area contributed by atoms with Crippen LogP contribution in [0.3, 0.4) is 0 Å². The Bertz CT molecular complexity index is 1030. The first-order valence-corrected chi connectivity index (χ1v) is 10.5. The van der Waals surface area contributed by atoms with Crippen molar-refractivity contribution in [2.45, 2.75) is 39.8 Å². The van der Waals surface area contributed by atoms with Crippen molar-refractivity contribution in [3.63, 3.8) is 0 Å². The maximum Gasteiger partial charge on any atom is 0.335 e. The highest BCUT2D eigenvalue weighted by atomic mass is 16.6. The maximum atomic E-state index is 12.0. The minimum Gasteiger partial charge on any atom is -0.492 e. The normalized spacial score (nSPS) is 12.0. The van der Waals surface area contributed by atoms with Crippen molar-refractivity contribution < 1.29 is 19.0 Å². The standard InChI is InChI=1S/C24H28N2O5/c1-4-29-23(24(28)30-5-2)14-18-6-10-21(11-7-18)31-13-12-26-16-19-8-9-20(27)15-22(19)17(3)25-26/h6-11,15-16,23H,4-5,12-14H2,1-3H3. The molecular weight excluding hydrogens is 396 g/mol. The van der Waals surface area contributed by atoms with Crippen LogP contribution >= 0.6 is 0 Å². The molecule has 0 fully saturated rings. The van der Waals surface area contributed by atoms with E-state index in [0.717, 1.165) is 28.1 Å². The minimum absolute atomic E-state index is 0.0169. The second-order valence-electron chi connectivity index (χ2n) is 7.12. The van der Waals surface area contributed by atoms with Gasteiger partial charge in [-0.25, -0.2) is 4.79 Å². The van der Waals surface area contributed by atoms with E-state index in [0.29, 0.717) is 32.8 Å². The molecule has 0 radical (unpaired) electrons. The summed E-state index contributed by atoms with van der Waals surface area (Å²) in [6.45, 7) is 7.33. The fourth-order valence-electron chi connectivity index (χ4n) is 3.35. The average Bonchev–Trinajstić information content (AvgIpc) is 2.75. The van der Waals surface area contributed by atoms with Gasteiger partial charge in [0.25, 0.3) is 0 Å². The van der Waals surface area contributed by atoms with Crippen molar-refractivity contribution in [1.29, 1.82) is 0 Å². The molecule has 0 aromatic heterocycles. The number of rotatable bonds is 10. The SMILES string of the molecule is CCOC(=O)C(Cc1ccc(OCCn2cc3ccc(=O)cc-3c(C)n2)cc1)OCC. The second kappa shape index (κ2) is 10.7. The average molecular weight is 424 g/mol. The summed E-state index contributed by atoms with van der Waals surface area (Å²) in [7, 11) is 0. The number of esters is 1. The van der Waals surface area contributed by atoms with Gasteiger partial charge in [0.05, 0.1) is 18.8 Å². The van der Waals surface area contributed by atoms with Crippen LogP contribution in [0.25, 0.3) is 11.1 Å². The van der Waals surface area contributed by atoms with E-state index < -0.39 is 6.10 Å². The quantitative estimate of drug-likeness (QED) is 0.465. The van der Waals surface area contributed by atoms with Crippen LogP contribution in [0, 0.1) is 6.92 Å². The predicted molar refractivity (Wildman–Crippen MR) is 118 cm³/mol. The molecule has 31 heavy (non-hydrogen) atoms. The molecule has 1 unspecified atom stereocenters. The van der Waals surface area contributed by atoms with Crippen LogP contribution in [0.5, 0.6) is 5.75 Å². The molecule has 1 aliphatic carbocycles. The first-order chi connectivity index (χ1) is 15.0. The fraction of sp³-hybridized carbons (Fsp3) is 0.375. The highest BCUT2D eigenvalue weighted by molar-refractivity contribution is 5.75. The summed E-state index contributed by atoms with van der Waals surface area (Å²) < 4.78 is 18.3. The molecule has 0 N–H and O–H groups in total. The van der Waals surface area contributed by atoms with Gasteiger partial charge < -0.3 is 14.2 Å². The van der Waals surface area contributed by atoms with E-state index in [9.17, 15) is 9.59 Å². The van der Waals surface area contributed by atoms with Crippen LogP contribution in [0.2, 0.25) is 0 Å². The Morgan fingerprint density at radius 2 is 1.87 bits per heavy atom. The van der Waals surface area contributed by atoms with Crippen molar-refractivity contribution in [3.05, 3.63) is 70.1 Å². The molecule has 164 valence electrons. The van der Waals surface area contributed by atoms with Crippen LogP contribution < -0.4 is 10.2 Å². The number of aromatic nitrogens is 2. The highest BCUT2D eigenvalue weighted by Gasteiger charge is 2.20. The third kappa shape index (κ3) is 6.15. The van der Waals surface area contributed by atoms with Gasteiger partial charge in [0.15, 0.2) is 11.5 Å². The molecule has 1 aliphatic heterocycles. The monoisotopic (exact) mass is 424 g/mol. The molecule has 3 rings (SSSR count). The Morgan fingerprint density at radius 1 is 1.10 bits per heavy atom. The Kier molecular flexibility index (Phi) is 7.78. The third-order valence-electron chi connectivity index (χ3n) is 4.83. The smallest absolute Gasteiger partial charge is 0.335 e. The van der Waals surface area contributed by atoms with E-state index in [-0.39, 0.29) is 11.4 Å². The van der Waals surface area contributed by atoms with Gasteiger partial charge in [-0.15, -0.1) is 0 Å². The molecule has 1 aromatic carbocycles. The molecule has 0 saturated heterocycles. The lowest BCUT2D eigenvalue weighted by atomic mass is 10.1. The molecule has 1 aromatic rings. The van der Waals surface area contributed by atoms with Crippen molar-refractivity contribution in [2.75, 3.05) is 19.8 Å². The number of carbonyl (C=O) groups is 1. The lowest BCUT2D eigenvalue weighted by molar-refractivity contribution is -0.156. The summed E-state index contributed by atoms with van der Waals surface area (Å²) in [5, 5.41) is 4.51. The number of benzene rings is 2. The van der Waals surface area contributed by atoms with Gasteiger partial charge in [0.1, 0.15) is 12.4 Å². The molecule has 0 saturated carbocycles. The Hall–Kier alpha value is -3.19. The van der Waals surface area contributed by atoms with Gasteiger partial charge >= 0.3 is 5.97 Å². The van der Waals surface area contributed by atoms with Gasteiger partial charge in [-0.05, 0) is 56.7 Å². The topological polar surface area (TPSA) is 79.7 Å². The minimum atomic E-state index is -0.604. The van der Waals surface area contributed by atoms with E-state index >= 15 is 0 Å². The number of hydrogen-bond acceptors (Lipinski definition) is 6. The van der Waals surface area contributed by atoms with Crippen LogP contribution in [-0.4, -0.2) is 41.7 Å². The van der Waals surface area contributed by atoms with Crippen LogP contribution in [0.1, 0.15) is 25.1 Å². The van der Waals surface area contributed by atoms with Gasteiger partial charge in [-0.1, -0.05) is 12.1 Å². The van der Waals surface area contributed by atoms with E-state index in [2.05, 4.69) is 5.10 Å². The molecular formula is C24H28N2O5. The van der Waals surface area contributed by atoms with Crippen LogP contribution in [-0.2, 0) is 27.2 Å². The number of ether oxygens (including phenoxy) is 3. The number of aryl methyl sites for hydroxylation is 1. The third-order valence-corrected chi connectivity index (χ3v) is 4.83. The largest absolute Gasteiger partial charge is 0.492 e. The Balaban J connectivity index is 1.56. The molecule has 1 heterocycles. The summed E-state index contributed by atoms with van der Waals surface area (Å²) in [6, 6.07) is 12.6. The van der Waals surface area contributed by atoms with Gasteiger partial charge in [-0.3, -0.25) is 9.48 Å². The maximum absolute atomic E-state index is 12.0. The summed E-state index contributed by atoms with van der Waals surface area (Å²) in [6.07, 6.45) is 1.76. The zero-order valence-electron chi connectivity index (χ0n) is 18.2. The fourth-order valence-corrected chi connectivity index (χ4v) is 3.35. The van der Waals surface area contributed by atoms with Gasteiger partial charge in [0.2, 0.25) is 0 Å². The Morgan fingerprint density at radius 3 is 2.58 bits per heavy atom. The zero-order chi connectivity index (χ0) is 22.2. The van der Waals surface area contributed by atoms with E-state index in [1.165, 1.54) is 0 Å². The van der Waals surface area contributed by atoms with E-state index in [4.69, 9.17) is 14.2 Å². The van der Waals surface area contributed by atoms with Gasteiger partial charge in [-0.2, -0.15) is 5.10 Å². The predicted octanol–water partition coefficient (Wildman–Crippen LogP) is 3.25. The van der Waals surface area contributed by atoms with Crippen LogP contribution in [0.4, 0.5) is 0 Å². The Labute approximate surface area is 181 Å². The molecule has 0 amide bonds. The molecule has 7 heteroatoms. The van der Waals surface area contributed by atoms with Gasteiger partial charge in [0, 0.05) is 30.4 Å². The summed E-state index contributed by atoms with van der Waals surface area (Å²) in [5.41, 5.74) is 3.61. The number of hydrogen-bond donors (Lipinski definition) is 0.